The Labute approximate surface area is 94.6 Å². The summed E-state index contributed by atoms with van der Waals surface area (Å²) in [6, 6.07) is 0. The second-order valence-electron chi connectivity index (χ2n) is 4.10. The van der Waals surface area contributed by atoms with E-state index in [2.05, 4.69) is 27.1 Å². The van der Waals surface area contributed by atoms with Gasteiger partial charge in [0.15, 0.2) is 5.82 Å². The van der Waals surface area contributed by atoms with Crippen molar-refractivity contribution < 1.29 is 9.53 Å². The average Bonchev–Trinajstić information content (AvgIpc) is 2.62. The molecule has 0 saturated heterocycles. The Morgan fingerprint density at radius 2 is 2.38 bits per heavy atom. The fraction of sp³-hybridized carbons (Fsp3) is 0.455. The van der Waals surface area contributed by atoms with Gasteiger partial charge in [-0.1, -0.05) is 5.92 Å². The highest BCUT2D eigenvalue weighted by molar-refractivity contribution is 5.68. The van der Waals surface area contributed by atoms with E-state index in [4.69, 9.17) is 4.74 Å². The number of ether oxygens (including phenoxy) is 1. The van der Waals surface area contributed by atoms with E-state index in [1.165, 1.54) is 0 Å². The SMILES string of the molecule is CC(C)(C)OC(=O)NCC#Cc1ncc[nH]1. The van der Waals surface area contributed by atoms with Crippen molar-refractivity contribution in [1.82, 2.24) is 15.3 Å². The first-order valence-electron chi connectivity index (χ1n) is 4.92. The van der Waals surface area contributed by atoms with Gasteiger partial charge in [0.25, 0.3) is 0 Å². The molecule has 0 aliphatic rings. The number of aromatic nitrogens is 2. The summed E-state index contributed by atoms with van der Waals surface area (Å²) < 4.78 is 5.03. The van der Waals surface area contributed by atoms with Gasteiger partial charge in [0.05, 0.1) is 6.54 Å². The first-order chi connectivity index (χ1) is 7.47. The van der Waals surface area contributed by atoms with Crippen LogP contribution in [0.3, 0.4) is 0 Å². The molecule has 1 rings (SSSR count). The van der Waals surface area contributed by atoms with Crippen LogP contribution in [0.4, 0.5) is 4.79 Å². The minimum absolute atomic E-state index is 0.232. The molecular weight excluding hydrogens is 206 g/mol. The zero-order chi connectivity index (χ0) is 12.0. The van der Waals surface area contributed by atoms with Gasteiger partial charge in [-0.2, -0.15) is 0 Å². The first kappa shape index (κ1) is 12.1. The largest absolute Gasteiger partial charge is 0.444 e. The third-order valence-corrected chi connectivity index (χ3v) is 1.43. The molecule has 5 nitrogen and oxygen atoms in total. The summed E-state index contributed by atoms with van der Waals surface area (Å²) in [6.07, 6.45) is 2.83. The molecule has 86 valence electrons. The molecule has 1 amide bonds. The van der Waals surface area contributed by atoms with Crippen molar-refractivity contribution in [1.29, 1.82) is 0 Å². The van der Waals surface area contributed by atoms with Crippen LogP contribution in [0.2, 0.25) is 0 Å². The summed E-state index contributed by atoms with van der Waals surface area (Å²) in [5, 5.41) is 2.53. The molecule has 1 heterocycles. The predicted octanol–water partition coefficient (Wildman–Crippen LogP) is 1.29. The number of hydrogen-bond acceptors (Lipinski definition) is 3. The molecule has 0 saturated carbocycles. The van der Waals surface area contributed by atoms with E-state index in [1.54, 1.807) is 33.2 Å². The number of amides is 1. The Hall–Kier alpha value is -1.96. The van der Waals surface area contributed by atoms with Crippen LogP contribution in [-0.4, -0.2) is 28.2 Å². The molecule has 0 unspecified atom stereocenters. The minimum Gasteiger partial charge on any atom is -0.444 e. The number of carbonyl (C=O) groups excluding carboxylic acids is 1. The number of nitrogens with one attached hydrogen (secondary N) is 2. The maximum absolute atomic E-state index is 11.2. The van der Waals surface area contributed by atoms with Gasteiger partial charge in [0.2, 0.25) is 0 Å². The third-order valence-electron chi connectivity index (χ3n) is 1.43. The third kappa shape index (κ3) is 5.05. The molecule has 0 radical (unpaired) electrons. The molecule has 1 aromatic rings. The first-order valence-corrected chi connectivity index (χ1v) is 4.92. The standard InChI is InChI=1S/C11H15N3O2/c1-11(2,3)16-10(15)14-6-4-5-9-12-7-8-13-9/h7-8H,6H2,1-3H3,(H,12,13)(H,14,15). The molecule has 0 aliphatic carbocycles. The highest BCUT2D eigenvalue weighted by Gasteiger charge is 2.14. The van der Waals surface area contributed by atoms with Crippen LogP contribution in [0.25, 0.3) is 0 Å². The van der Waals surface area contributed by atoms with E-state index in [1.807, 2.05) is 0 Å². The maximum atomic E-state index is 11.2. The Balaban J connectivity index is 2.28. The fourth-order valence-corrected chi connectivity index (χ4v) is 0.892. The number of carbonyl (C=O) groups is 1. The summed E-state index contributed by atoms with van der Waals surface area (Å²) in [5.41, 5.74) is -0.488. The molecule has 1 aromatic heterocycles. The molecule has 0 aromatic carbocycles. The second-order valence-corrected chi connectivity index (χ2v) is 4.10. The van der Waals surface area contributed by atoms with Gasteiger partial charge < -0.3 is 15.0 Å². The summed E-state index contributed by atoms with van der Waals surface area (Å²) in [5.74, 6) is 6.08. The van der Waals surface area contributed by atoms with Crippen LogP contribution in [0.5, 0.6) is 0 Å². The lowest BCUT2D eigenvalue weighted by Gasteiger charge is -2.18. The van der Waals surface area contributed by atoms with Crippen molar-refractivity contribution >= 4 is 6.09 Å². The smallest absolute Gasteiger partial charge is 0.408 e. The number of nitrogens with zero attached hydrogens (tertiary/aromatic N) is 1. The monoisotopic (exact) mass is 221 g/mol. The van der Waals surface area contributed by atoms with E-state index in [0.29, 0.717) is 5.82 Å². The van der Waals surface area contributed by atoms with Gasteiger partial charge in [-0.05, 0) is 26.7 Å². The van der Waals surface area contributed by atoms with Crippen molar-refractivity contribution in [3.8, 4) is 11.8 Å². The normalized spacial score (nSPS) is 10.2. The highest BCUT2D eigenvalue weighted by Crippen LogP contribution is 2.05. The van der Waals surface area contributed by atoms with Crippen molar-refractivity contribution in [3.05, 3.63) is 18.2 Å². The number of hydrogen-bond donors (Lipinski definition) is 2. The number of rotatable bonds is 1. The Bertz CT molecular complexity index is 393. The average molecular weight is 221 g/mol. The summed E-state index contributed by atoms with van der Waals surface area (Å²) >= 11 is 0. The van der Waals surface area contributed by atoms with Gasteiger partial charge in [-0.3, -0.25) is 0 Å². The highest BCUT2D eigenvalue weighted by atomic mass is 16.6. The van der Waals surface area contributed by atoms with Crippen LogP contribution in [0, 0.1) is 11.8 Å². The van der Waals surface area contributed by atoms with Crippen molar-refractivity contribution in [2.75, 3.05) is 6.54 Å². The van der Waals surface area contributed by atoms with Gasteiger partial charge in [0.1, 0.15) is 5.60 Å². The fourth-order valence-electron chi connectivity index (χ4n) is 0.892. The quantitative estimate of drug-likeness (QED) is 0.702. The topological polar surface area (TPSA) is 67.0 Å². The maximum Gasteiger partial charge on any atom is 0.408 e. The van der Waals surface area contributed by atoms with E-state index in [9.17, 15) is 4.79 Å². The molecule has 0 bridgehead atoms. The summed E-state index contributed by atoms with van der Waals surface area (Å²) in [6.45, 7) is 5.65. The van der Waals surface area contributed by atoms with Crippen LogP contribution in [0.15, 0.2) is 12.4 Å². The van der Waals surface area contributed by atoms with E-state index >= 15 is 0 Å². The number of aromatic amines is 1. The van der Waals surface area contributed by atoms with Crippen LogP contribution >= 0.6 is 0 Å². The minimum atomic E-state index is -0.488. The molecule has 2 N–H and O–H groups in total. The molecule has 0 fully saturated rings. The molecule has 5 heteroatoms. The lowest BCUT2D eigenvalue weighted by atomic mass is 10.2. The zero-order valence-electron chi connectivity index (χ0n) is 9.63. The Morgan fingerprint density at radius 3 is 2.94 bits per heavy atom. The van der Waals surface area contributed by atoms with Crippen LogP contribution < -0.4 is 5.32 Å². The van der Waals surface area contributed by atoms with E-state index in [0.717, 1.165) is 0 Å². The van der Waals surface area contributed by atoms with E-state index in [-0.39, 0.29) is 6.54 Å². The number of imidazole rings is 1. The van der Waals surface area contributed by atoms with E-state index < -0.39 is 11.7 Å². The molecule has 0 aliphatic heterocycles. The summed E-state index contributed by atoms with van der Waals surface area (Å²) in [4.78, 5) is 17.9. The van der Waals surface area contributed by atoms with Crippen molar-refractivity contribution in [3.63, 3.8) is 0 Å². The Kier molecular flexibility index (Phi) is 3.95. The predicted molar refractivity (Wildman–Crippen MR) is 59.7 cm³/mol. The van der Waals surface area contributed by atoms with Gasteiger partial charge in [-0.25, -0.2) is 9.78 Å². The van der Waals surface area contributed by atoms with Crippen molar-refractivity contribution in [2.45, 2.75) is 26.4 Å². The lowest BCUT2D eigenvalue weighted by Crippen LogP contribution is -2.32. The number of alkyl carbamates (subject to hydrolysis) is 1. The molecule has 0 spiro atoms. The zero-order valence-corrected chi connectivity index (χ0v) is 9.63. The molecule has 16 heavy (non-hydrogen) atoms. The van der Waals surface area contributed by atoms with Crippen LogP contribution in [0.1, 0.15) is 26.6 Å². The lowest BCUT2D eigenvalue weighted by molar-refractivity contribution is 0.0535. The number of H-pyrrole nitrogens is 1. The van der Waals surface area contributed by atoms with Crippen molar-refractivity contribution in [2.24, 2.45) is 0 Å². The van der Waals surface area contributed by atoms with Gasteiger partial charge >= 0.3 is 6.09 Å². The second kappa shape index (κ2) is 5.21. The summed E-state index contributed by atoms with van der Waals surface area (Å²) in [7, 11) is 0. The van der Waals surface area contributed by atoms with Crippen LogP contribution in [-0.2, 0) is 4.74 Å². The molecule has 0 atom stereocenters. The van der Waals surface area contributed by atoms with Gasteiger partial charge in [0, 0.05) is 12.4 Å². The Morgan fingerprint density at radius 1 is 1.62 bits per heavy atom. The molecular formula is C11H15N3O2. The van der Waals surface area contributed by atoms with Gasteiger partial charge in [-0.15, -0.1) is 0 Å².